The van der Waals surface area contributed by atoms with E-state index in [1.807, 2.05) is 0 Å². The minimum atomic E-state index is -0.754. The summed E-state index contributed by atoms with van der Waals surface area (Å²) in [6.45, 7) is 4.94. The van der Waals surface area contributed by atoms with Crippen molar-refractivity contribution in [1.82, 2.24) is 5.06 Å². The molecule has 2 aromatic rings. The summed E-state index contributed by atoms with van der Waals surface area (Å²) in [7, 11) is 0. The average Bonchev–Trinajstić information content (AvgIpc) is 3.13. The Bertz CT molecular complexity index is 880. The van der Waals surface area contributed by atoms with Gasteiger partial charge in [-0.1, -0.05) is 6.07 Å². The molecule has 1 aliphatic heterocycles. The Morgan fingerprint density at radius 1 is 1.38 bits per heavy atom. The summed E-state index contributed by atoms with van der Waals surface area (Å²) >= 11 is 1.10. The lowest BCUT2D eigenvalue weighted by atomic mass is 10.1. The summed E-state index contributed by atoms with van der Waals surface area (Å²) in [4.78, 5) is 30.4. The van der Waals surface area contributed by atoms with Crippen molar-refractivity contribution in [3.8, 4) is 0 Å². The van der Waals surface area contributed by atoms with Gasteiger partial charge < -0.3 is 10.4 Å². The number of rotatable bonds is 4. The summed E-state index contributed by atoms with van der Waals surface area (Å²) < 4.78 is 14.2. The number of halogens is 1. The van der Waals surface area contributed by atoms with Crippen LogP contribution in [0.2, 0.25) is 0 Å². The van der Waals surface area contributed by atoms with Crippen LogP contribution >= 0.6 is 11.3 Å². The van der Waals surface area contributed by atoms with E-state index in [2.05, 4.69) is 5.32 Å². The lowest BCUT2D eigenvalue weighted by Gasteiger charge is -2.16. The lowest BCUT2D eigenvalue weighted by molar-refractivity contribution is -0.0779. The molecule has 0 aliphatic carbocycles. The number of aryl methyl sites for hydroxylation is 1. The zero-order chi connectivity index (χ0) is 19.0. The molecule has 1 aromatic carbocycles. The van der Waals surface area contributed by atoms with Gasteiger partial charge in [-0.25, -0.2) is 9.45 Å². The number of carbonyl (C=O) groups excluding carboxylic acids is 2. The van der Waals surface area contributed by atoms with Gasteiger partial charge in [0.05, 0.1) is 22.7 Å². The maximum Gasteiger partial charge on any atom is 0.280 e. The van der Waals surface area contributed by atoms with E-state index in [0.717, 1.165) is 22.0 Å². The van der Waals surface area contributed by atoms with E-state index in [0.29, 0.717) is 15.4 Å². The van der Waals surface area contributed by atoms with Gasteiger partial charge in [0.15, 0.2) is 5.78 Å². The molecular weight excluding hydrogens is 359 g/mol. The molecule has 0 radical (unpaired) electrons. The summed E-state index contributed by atoms with van der Waals surface area (Å²) in [6, 6.07) is 4.72. The number of nitrogens with zero attached hydrogens (tertiary/aromatic N) is 1. The number of nitrogens with one attached hydrogen (secondary N) is 1. The van der Waals surface area contributed by atoms with Crippen LogP contribution in [0.25, 0.3) is 0 Å². The number of carbonyl (C=O) groups is 2. The predicted molar refractivity (Wildman–Crippen MR) is 96.5 cm³/mol. The highest BCUT2D eigenvalue weighted by Gasteiger charge is 2.32. The average molecular weight is 378 g/mol. The van der Waals surface area contributed by atoms with Crippen molar-refractivity contribution in [1.29, 1.82) is 0 Å². The normalized spacial score (nSPS) is 16.8. The smallest absolute Gasteiger partial charge is 0.280 e. The van der Waals surface area contributed by atoms with E-state index in [1.54, 1.807) is 26.0 Å². The fourth-order valence-corrected chi connectivity index (χ4v) is 3.88. The number of aliphatic hydroxyl groups is 1. The van der Waals surface area contributed by atoms with Crippen molar-refractivity contribution in [2.75, 3.05) is 18.5 Å². The van der Waals surface area contributed by atoms with Crippen LogP contribution in [0, 0.1) is 19.7 Å². The number of aliphatic hydroxyl groups excluding tert-OH is 1. The maximum atomic E-state index is 14.2. The number of thiophene rings is 1. The van der Waals surface area contributed by atoms with Gasteiger partial charge in [-0.3, -0.25) is 14.4 Å². The molecule has 0 unspecified atom stereocenters. The molecule has 8 heteroatoms. The van der Waals surface area contributed by atoms with E-state index in [9.17, 15) is 19.1 Å². The first-order valence-electron chi connectivity index (χ1n) is 8.08. The van der Waals surface area contributed by atoms with Gasteiger partial charge in [-0.05, 0) is 44.0 Å². The third kappa shape index (κ3) is 3.48. The van der Waals surface area contributed by atoms with Crippen LogP contribution in [0.5, 0.6) is 0 Å². The van der Waals surface area contributed by atoms with Crippen molar-refractivity contribution >= 4 is 33.7 Å². The number of ketones is 1. The first-order valence-corrected chi connectivity index (χ1v) is 8.90. The number of amides is 1. The summed E-state index contributed by atoms with van der Waals surface area (Å²) in [6.07, 6.45) is -0.754. The second-order valence-electron chi connectivity index (χ2n) is 6.24. The molecule has 2 N–H and O–H groups in total. The van der Waals surface area contributed by atoms with Crippen LogP contribution < -0.4 is 5.32 Å². The van der Waals surface area contributed by atoms with Gasteiger partial charge >= 0.3 is 0 Å². The molecule has 138 valence electrons. The van der Waals surface area contributed by atoms with Crippen LogP contribution in [-0.4, -0.2) is 41.1 Å². The Hall–Kier alpha value is -2.29. The number of benzene rings is 1. The predicted octanol–water partition coefficient (Wildman–Crippen LogP) is 3.20. The highest BCUT2D eigenvalue weighted by molar-refractivity contribution is 7.18. The number of Topliss-reactive ketones (excluding diaryl/α,β-unsaturated/α-hetero) is 1. The van der Waals surface area contributed by atoms with Crippen LogP contribution in [0.3, 0.4) is 0 Å². The van der Waals surface area contributed by atoms with Crippen LogP contribution in [0.4, 0.5) is 15.1 Å². The van der Waals surface area contributed by atoms with Crippen molar-refractivity contribution in [2.24, 2.45) is 0 Å². The van der Waals surface area contributed by atoms with Gasteiger partial charge in [-0.15, -0.1) is 11.3 Å². The molecule has 1 amide bonds. The number of hydroxylamine groups is 2. The molecule has 1 fully saturated rings. The molecule has 1 atom stereocenters. The SMILES string of the molecule is CC(=O)c1sc(Nc2ccc(C)cc2F)c(C(=O)N2C[C@@H](O)CO2)c1C. The standard InChI is InChI=1S/C18H19FN2O4S/c1-9-4-5-14(13(19)6-9)20-17-15(10(2)16(26-17)11(3)22)18(24)21-7-12(23)8-25-21/h4-6,12,20,23H,7-8H2,1-3H3/t12-/m1/s1. The van der Waals surface area contributed by atoms with Gasteiger partial charge in [0.2, 0.25) is 0 Å². The van der Waals surface area contributed by atoms with Gasteiger partial charge in [0.25, 0.3) is 5.91 Å². The van der Waals surface area contributed by atoms with Crippen LogP contribution in [0.1, 0.15) is 38.1 Å². The molecular formula is C18H19FN2O4S. The number of anilines is 2. The molecule has 1 aromatic heterocycles. The first-order chi connectivity index (χ1) is 12.3. The summed E-state index contributed by atoms with van der Waals surface area (Å²) in [5, 5.41) is 14.0. The van der Waals surface area contributed by atoms with E-state index in [4.69, 9.17) is 4.84 Å². The topological polar surface area (TPSA) is 78.9 Å². The Balaban J connectivity index is 2.02. The largest absolute Gasteiger partial charge is 0.389 e. The quantitative estimate of drug-likeness (QED) is 0.799. The zero-order valence-electron chi connectivity index (χ0n) is 14.6. The minimum absolute atomic E-state index is 0.0316. The zero-order valence-corrected chi connectivity index (χ0v) is 15.4. The second kappa shape index (κ2) is 7.14. The molecule has 0 bridgehead atoms. The summed E-state index contributed by atoms with van der Waals surface area (Å²) in [5.74, 6) is -1.11. The Morgan fingerprint density at radius 2 is 2.12 bits per heavy atom. The Morgan fingerprint density at radius 3 is 2.69 bits per heavy atom. The number of hydrogen-bond acceptors (Lipinski definition) is 6. The van der Waals surface area contributed by atoms with Crippen molar-refractivity contribution in [3.63, 3.8) is 0 Å². The molecule has 2 heterocycles. The van der Waals surface area contributed by atoms with E-state index >= 15 is 0 Å². The maximum absolute atomic E-state index is 14.2. The minimum Gasteiger partial charge on any atom is -0.389 e. The number of hydrogen-bond donors (Lipinski definition) is 2. The van der Waals surface area contributed by atoms with Gasteiger partial charge in [-0.2, -0.15) is 0 Å². The fraction of sp³-hybridized carbons (Fsp3) is 0.333. The van der Waals surface area contributed by atoms with E-state index < -0.39 is 17.8 Å². The van der Waals surface area contributed by atoms with Gasteiger partial charge in [0.1, 0.15) is 23.5 Å². The van der Waals surface area contributed by atoms with Crippen LogP contribution in [0.15, 0.2) is 18.2 Å². The monoisotopic (exact) mass is 378 g/mol. The highest BCUT2D eigenvalue weighted by atomic mass is 32.1. The molecule has 1 aliphatic rings. The molecule has 3 rings (SSSR count). The molecule has 26 heavy (non-hydrogen) atoms. The third-order valence-electron chi connectivity index (χ3n) is 4.08. The molecule has 0 spiro atoms. The Labute approximate surface area is 154 Å². The van der Waals surface area contributed by atoms with Crippen molar-refractivity contribution in [3.05, 3.63) is 45.6 Å². The fourth-order valence-electron chi connectivity index (χ4n) is 2.78. The third-order valence-corrected chi connectivity index (χ3v) is 5.39. The molecule has 0 saturated carbocycles. The highest BCUT2D eigenvalue weighted by Crippen LogP contribution is 2.37. The van der Waals surface area contributed by atoms with E-state index in [1.165, 1.54) is 13.0 Å². The first kappa shape index (κ1) is 18.5. The van der Waals surface area contributed by atoms with Crippen LogP contribution in [-0.2, 0) is 4.84 Å². The molecule has 1 saturated heterocycles. The summed E-state index contributed by atoms with van der Waals surface area (Å²) in [5.41, 5.74) is 1.74. The lowest BCUT2D eigenvalue weighted by Crippen LogP contribution is -2.29. The molecule has 6 nitrogen and oxygen atoms in total. The number of β-amino-alcohol motifs (C(OH)–C–C–N with tert-alkyl or cyclic N) is 1. The van der Waals surface area contributed by atoms with Crippen molar-refractivity contribution in [2.45, 2.75) is 26.9 Å². The van der Waals surface area contributed by atoms with Gasteiger partial charge in [0, 0.05) is 0 Å². The second-order valence-corrected chi connectivity index (χ2v) is 7.26. The van der Waals surface area contributed by atoms with E-state index in [-0.39, 0.29) is 30.2 Å². The van der Waals surface area contributed by atoms with Crippen molar-refractivity contribution < 1.29 is 23.9 Å². The Kier molecular flexibility index (Phi) is 5.08.